The minimum absolute atomic E-state index is 0.452. The fourth-order valence-electron chi connectivity index (χ4n) is 1.13. The van der Waals surface area contributed by atoms with Crippen LogP contribution in [0, 0.1) is 0 Å². The number of ether oxygens (including phenoxy) is 1. The maximum atomic E-state index is 5.32. The van der Waals surface area contributed by atoms with Gasteiger partial charge >= 0.3 is 0 Å². The van der Waals surface area contributed by atoms with Crippen molar-refractivity contribution in [2.45, 2.75) is 11.5 Å². The summed E-state index contributed by atoms with van der Waals surface area (Å²) in [5.41, 5.74) is 1.08. The van der Waals surface area contributed by atoms with Gasteiger partial charge in [0.25, 0.3) is 0 Å². The van der Waals surface area contributed by atoms with Crippen molar-refractivity contribution in [2.75, 3.05) is 5.94 Å². The van der Waals surface area contributed by atoms with Crippen molar-refractivity contribution >= 4 is 11.8 Å². The third-order valence-corrected chi connectivity index (χ3v) is 2.55. The van der Waals surface area contributed by atoms with Crippen molar-refractivity contribution in [3.63, 3.8) is 0 Å². The Kier molecular flexibility index (Phi) is 2.21. The van der Waals surface area contributed by atoms with Crippen LogP contribution in [0.5, 0.6) is 5.75 Å². The van der Waals surface area contributed by atoms with Crippen molar-refractivity contribution in [3.8, 4) is 5.75 Å². The van der Waals surface area contributed by atoms with E-state index in [1.807, 2.05) is 18.2 Å². The summed E-state index contributed by atoms with van der Waals surface area (Å²) in [6.45, 7) is 0.452. The second-order valence-corrected chi connectivity index (χ2v) is 3.46. The molecule has 0 fully saturated rings. The van der Waals surface area contributed by atoms with Gasteiger partial charge in [0.1, 0.15) is 11.7 Å². The molecule has 0 amide bonds. The van der Waals surface area contributed by atoms with Gasteiger partial charge in [-0.15, -0.1) is 0 Å². The Morgan fingerprint density at radius 3 is 3.33 bits per heavy atom. The summed E-state index contributed by atoms with van der Waals surface area (Å²) in [7, 11) is 0. The molecule has 0 saturated heterocycles. The summed E-state index contributed by atoms with van der Waals surface area (Å²) >= 11 is 1.69. The first-order chi connectivity index (χ1) is 5.90. The van der Waals surface area contributed by atoms with Crippen LogP contribution >= 0.6 is 11.8 Å². The molecule has 0 bridgehead atoms. The molecule has 1 aliphatic rings. The van der Waals surface area contributed by atoms with Gasteiger partial charge in [-0.2, -0.15) is 0 Å². The van der Waals surface area contributed by atoms with E-state index in [1.54, 1.807) is 11.8 Å². The first-order valence-electron chi connectivity index (χ1n) is 3.60. The highest BCUT2D eigenvalue weighted by molar-refractivity contribution is 7.99. The van der Waals surface area contributed by atoms with Crippen molar-refractivity contribution in [2.24, 2.45) is 5.90 Å². The molecule has 4 heteroatoms. The minimum Gasteiger partial charge on any atom is -0.481 e. The lowest BCUT2D eigenvalue weighted by molar-refractivity contribution is 0.124. The van der Waals surface area contributed by atoms with Gasteiger partial charge in [-0.05, 0) is 17.7 Å². The maximum absolute atomic E-state index is 5.32. The van der Waals surface area contributed by atoms with Crippen LogP contribution < -0.4 is 10.6 Å². The highest BCUT2D eigenvalue weighted by Gasteiger charge is 2.12. The molecular formula is C8H9NO2S. The van der Waals surface area contributed by atoms with E-state index in [2.05, 4.69) is 4.84 Å². The average molecular weight is 183 g/mol. The van der Waals surface area contributed by atoms with E-state index in [0.717, 1.165) is 11.3 Å². The summed E-state index contributed by atoms with van der Waals surface area (Å²) in [5, 5.41) is 0. The zero-order chi connectivity index (χ0) is 8.39. The molecule has 0 saturated carbocycles. The number of fused-ring (bicyclic) bond motifs is 1. The van der Waals surface area contributed by atoms with Crippen molar-refractivity contribution < 1.29 is 9.57 Å². The van der Waals surface area contributed by atoms with E-state index in [-0.39, 0.29) is 0 Å². The van der Waals surface area contributed by atoms with E-state index >= 15 is 0 Å². The normalized spacial score (nSPS) is 14.1. The predicted molar refractivity (Wildman–Crippen MR) is 46.8 cm³/mol. The van der Waals surface area contributed by atoms with Crippen molar-refractivity contribution in [3.05, 3.63) is 23.8 Å². The average Bonchev–Trinajstić information content (AvgIpc) is 2.51. The third-order valence-electron chi connectivity index (χ3n) is 1.69. The lowest BCUT2D eigenvalue weighted by Crippen LogP contribution is -1.98. The zero-order valence-electron chi connectivity index (χ0n) is 6.45. The van der Waals surface area contributed by atoms with Crippen LogP contribution in [0.25, 0.3) is 0 Å². The zero-order valence-corrected chi connectivity index (χ0v) is 7.26. The fraction of sp³-hybridized carbons (Fsp3) is 0.250. The Morgan fingerprint density at radius 1 is 1.58 bits per heavy atom. The maximum Gasteiger partial charge on any atom is 0.138 e. The van der Waals surface area contributed by atoms with Gasteiger partial charge in [-0.25, -0.2) is 5.90 Å². The van der Waals surface area contributed by atoms with E-state index in [0.29, 0.717) is 12.5 Å². The third kappa shape index (κ3) is 1.41. The van der Waals surface area contributed by atoms with Crippen molar-refractivity contribution in [1.82, 2.24) is 0 Å². The molecule has 0 atom stereocenters. The smallest absolute Gasteiger partial charge is 0.138 e. The molecule has 0 aliphatic carbocycles. The van der Waals surface area contributed by atoms with Gasteiger partial charge in [0, 0.05) is 0 Å². The molecule has 12 heavy (non-hydrogen) atoms. The van der Waals surface area contributed by atoms with Gasteiger partial charge < -0.3 is 4.74 Å². The predicted octanol–water partition coefficient (Wildman–Crippen LogP) is 1.52. The van der Waals surface area contributed by atoms with Crippen LogP contribution in [0.1, 0.15) is 5.56 Å². The minimum atomic E-state index is 0.452. The van der Waals surface area contributed by atoms with Crippen LogP contribution in [-0.4, -0.2) is 5.94 Å². The monoisotopic (exact) mass is 183 g/mol. The van der Waals surface area contributed by atoms with Gasteiger partial charge in [-0.1, -0.05) is 17.8 Å². The first-order valence-corrected chi connectivity index (χ1v) is 4.59. The SMILES string of the molecule is NOCc1ccc2c(c1)SCO2. The summed E-state index contributed by atoms with van der Waals surface area (Å²) in [4.78, 5) is 5.71. The van der Waals surface area contributed by atoms with E-state index in [9.17, 15) is 0 Å². The molecular weight excluding hydrogens is 174 g/mol. The number of hydrogen-bond donors (Lipinski definition) is 1. The molecule has 2 N–H and O–H groups in total. The van der Waals surface area contributed by atoms with Gasteiger partial charge in [0.2, 0.25) is 0 Å². The summed E-state index contributed by atoms with van der Waals surface area (Å²) < 4.78 is 5.32. The van der Waals surface area contributed by atoms with Crippen molar-refractivity contribution in [1.29, 1.82) is 0 Å². The molecule has 1 aromatic carbocycles. The van der Waals surface area contributed by atoms with E-state index in [4.69, 9.17) is 10.6 Å². The van der Waals surface area contributed by atoms with Gasteiger partial charge in [-0.3, -0.25) is 4.84 Å². The highest BCUT2D eigenvalue weighted by atomic mass is 32.2. The molecule has 1 heterocycles. The molecule has 1 aliphatic heterocycles. The summed E-state index contributed by atoms with van der Waals surface area (Å²) in [6.07, 6.45) is 0. The molecule has 0 aromatic heterocycles. The standard InChI is InChI=1S/C8H9NO2S/c9-11-4-6-1-2-7-8(3-6)12-5-10-7/h1-3H,4-5,9H2. The Morgan fingerprint density at radius 2 is 2.50 bits per heavy atom. The number of nitrogens with two attached hydrogens (primary N) is 1. The Bertz CT molecular complexity index is 290. The number of rotatable bonds is 2. The quantitative estimate of drug-likeness (QED) is 0.706. The number of hydrogen-bond acceptors (Lipinski definition) is 4. The van der Waals surface area contributed by atoms with Gasteiger partial charge in [0.15, 0.2) is 0 Å². The molecule has 0 unspecified atom stereocenters. The largest absolute Gasteiger partial charge is 0.481 e. The van der Waals surface area contributed by atoms with Crippen LogP contribution in [0.2, 0.25) is 0 Å². The second kappa shape index (κ2) is 3.35. The van der Waals surface area contributed by atoms with Crippen LogP contribution in [0.3, 0.4) is 0 Å². The number of benzene rings is 1. The molecule has 64 valence electrons. The second-order valence-electron chi connectivity index (χ2n) is 2.50. The van der Waals surface area contributed by atoms with Crippen LogP contribution in [0.15, 0.2) is 23.1 Å². The molecule has 3 nitrogen and oxygen atoms in total. The lowest BCUT2D eigenvalue weighted by atomic mass is 10.2. The molecule has 0 spiro atoms. The van der Waals surface area contributed by atoms with Crippen LogP contribution in [0.4, 0.5) is 0 Å². The topological polar surface area (TPSA) is 44.5 Å². The Balaban J connectivity index is 2.26. The summed E-state index contributed by atoms with van der Waals surface area (Å²) in [5.74, 6) is 6.64. The lowest BCUT2D eigenvalue weighted by Gasteiger charge is -2.00. The Labute approximate surface area is 74.8 Å². The van der Waals surface area contributed by atoms with Gasteiger partial charge in [0.05, 0.1) is 11.5 Å². The highest BCUT2D eigenvalue weighted by Crippen LogP contribution is 2.36. The number of thioether (sulfide) groups is 1. The molecule has 1 aromatic rings. The van der Waals surface area contributed by atoms with E-state index in [1.165, 1.54) is 4.90 Å². The van der Waals surface area contributed by atoms with Crippen LogP contribution in [-0.2, 0) is 11.4 Å². The first kappa shape index (κ1) is 7.91. The fourth-order valence-corrected chi connectivity index (χ4v) is 1.94. The molecule has 2 rings (SSSR count). The van der Waals surface area contributed by atoms with E-state index < -0.39 is 0 Å². The Hall–Kier alpha value is -0.710. The summed E-state index contributed by atoms with van der Waals surface area (Å²) in [6, 6.07) is 5.95. The molecule has 0 radical (unpaired) electrons.